The van der Waals surface area contributed by atoms with Crippen LogP contribution in [0.25, 0.3) is 22.2 Å². The fourth-order valence-electron chi connectivity index (χ4n) is 9.02. The van der Waals surface area contributed by atoms with Crippen LogP contribution in [0, 0.1) is 5.92 Å². The Balaban J connectivity index is 1.15. The maximum atomic E-state index is 15.0. The summed E-state index contributed by atoms with van der Waals surface area (Å²) < 4.78 is 40.6. The van der Waals surface area contributed by atoms with E-state index in [1.54, 1.807) is 18.9 Å². The van der Waals surface area contributed by atoms with Crippen LogP contribution in [0.3, 0.4) is 0 Å². The Morgan fingerprint density at radius 1 is 0.967 bits per heavy atom. The minimum atomic E-state index is -3.97. The van der Waals surface area contributed by atoms with Crippen LogP contribution in [0.2, 0.25) is 0 Å². The van der Waals surface area contributed by atoms with Crippen LogP contribution < -0.4 is 24.8 Å². The molecule has 0 spiro atoms. The summed E-state index contributed by atoms with van der Waals surface area (Å²) in [7, 11) is -2.37. The van der Waals surface area contributed by atoms with Crippen LogP contribution in [0.4, 0.5) is 5.13 Å². The van der Waals surface area contributed by atoms with Crippen molar-refractivity contribution in [3.63, 3.8) is 0 Å². The first-order valence-electron chi connectivity index (χ1n) is 21.7. The van der Waals surface area contributed by atoms with E-state index in [0.717, 1.165) is 48.7 Å². The highest BCUT2D eigenvalue weighted by atomic mass is 32.2. The van der Waals surface area contributed by atoms with E-state index in [0.29, 0.717) is 66.4 Å². The van der Waals surface area contributed by atoms with E-state index in [2.05, 4.69) is 36.1 Å². The first-order chi connectivity index (χ1) is 29.1. The van der Waals surface area contributed by atoms with Crippen molar-refractivity contribution < 1.29 is 32.3 Å². The van der Waals surface area contributed by atoms with Crippen molar-refractivity contribution >= 4 is 55.1 Å². The second-order valence-corrected chi connectivity index (χ2v) is 21.8. The number of benzene rings is 2. The van der Waals surface area contributed by atoms with Crippen molar-refractivity contribution in [3.05, 3.63) is 65.7 Å². The van der Waals surface area contributed by atoms with E-state index < -0.39 is 50.3 Å². The number of sulfonamides is 1. The number of hydrogen-bond acceptors (Lipinski definition) is 11. The molecule has 4 aromatic rings. The summed E-state index contributed by atoms with van der Waals surface area (Å²) in [6.07, 6.45) is 6.83. The lowest BCUT2D eigenvalue weighted by Crippen LogP contribution is -2.62. The molecule has 61 heavy (non-hydrogen) atoms. The largest absolute Gasteiger partial charge is 0.497 e. The number of carbonyl (C=O) groups is 3. The number of carbonyl (C=O) groups excluding carboxylic acids is 3. The summed E-state index contributed by atoms with van der Waals surface area (Å²) in [5.74, 6) is -0.124. The molecule has 2 saturated carbocycles. The quantitative estimate of drug-likeness (QED) is 0.153. The van der Waals surface area contributed by atoms with Gasteiger partial charge < -0.3 is 25.0 Å². The van der Waals surface area contributed by atoms with Crippen LogP contribution in [-0.2, 0) is 29.8 Å². The van der Waals surface area contributed by atoms with Gasteiger partial charge >= 0.3 is 0 Å². The number of hydrogen-bond donors (Lipinski definition) is 3. The summed E-state index contributed by atoms with van der Waals surface area (Å²) in [5, 5.41) is 9.96. The smallest absolute Gasteiger partial charge is 0.259 e. The highest BCUT2D eigenvalue weighted by molar-refractivity contribution is 7.91. The topological polar surface area (TPSA) is 169 Å². The molecule has 2 saturated heterocycles. The Hall–Kier alpha value is -4.76. The molecule has 2 aromatic carbocycles. The van der Waals surface area contributed by atoms with Gasteiger partial charge in [-0.1, -0.05) is 83.2 Å². The number of fused-ring (bicyclic) bond motifs is 4. The highest BCUT2D eigenvalue weighted by Gasteiger charge is 2.55. The molecule has 2 aliphatic heterocycles. The number of rotatable bonds is 9. The number of methoxy groups -OCH3 is 1. The molecule has 3 N–H and O–H groups in total. The molecule has 8 rings (SSSR count). The molecule has 5 atom stereocenters. The SMILES string of the molecule is COc1ccc2c(O[C@@H]3C[C@H]4C(=O)N[C@]5(C(=O)NS(=O)(=O)C6(C)CC6)CCC(CCCCCC[C@H](Nc6nc(C(C)(C)C)cs6)C(=O)N4C3)C5)cc(-c3ccccc3)nc2c1. The summed E-state index contributed by atoms with van der Waals surface area (Å²) in [5.41, 5.74) is 1.56. The molecule has 2 bridgehead atoms. The van der Waals surface area contributed by atoms with Gasteiger partial charge in [-0.2, -0.15) is 0 Å². The van der Waals surface area contributed by atoms with Crippen molar-refractivity contribution in [1.29, 1.82) is 0 Å². The van der Waals surface area contributed by atoms with Gasteiger partial charge in [0.05, 0.1) is 35.3 Å². The molecule has 3 amide bonds. The monoisotopic (exact) mass is 870 g/mol. The third-order valence-electron chi connectivity index (χ3n) is 13.2. The van der Waals surface area contributed by atoms with Gasteiger partial charge in [-0.05, 0) is 63.5 Å². The Morgan fingerprint density at radius 2 is 1.72 bits per heavy atom. The number of anilines is 1. The summed E-state index contributed by atoms with van der Waals surface area (Å²) >= 11 is 1.46. The van der Waals surface area contributed by atoms with Gasteiger partial charge in [0.1, 0.15) is 35.2 Å². The summed E-state index contributed by atoms with van der Waals surface area (Å²) in [4.78, 5) is 55.6. The number of nitrogens with one attached hydrogen (secondary N) is 3. The van der Waals surface area contributed by atoms with Crippen LogP contribution in [-0.4, -0.2) is 83.1 Å². The first-order valence-corrected chi connectivity index (χ1v) is 24.1. The predicted molar refractivity (Wildman–Crippen MR) is 237 cm³/mol. The van der Waals surface area contributed by atoms with E-state index in [-0.39, 0.29) is 30.2 Å². The lowest BCUT2D eigenvalue weighted by Gasteiger charge is -2.33. The Labute approximate surface area is 362 Å². The zero-order valence-corrected chi connectivity index (χ0v) is 37.4. The number of thiazole rings is 1. The third kappa shape index (κ3) is 9.09. The van der Waals surface area contributed by atoms with E-state index in [4.69, 9.17) is 19.4 Å². The van der Waals surface area contributed by atoms with Crippen LogP contribution >= 0.6 is 11.3 Å². The molecule has 13 nitrogen and oxygen atoms in total. The molecule has 4 aliphatic rings. The van der Waals surface area contributed by atoms with Crippen molar-refractivity contribution in [2.45, 2.75) is 139 Å². The maximum absolute atomic E-state index is 15.0. The van der Waals surface area contributed by atoms with Gasteiger partial charge in [-0.3, -0.25) is 19.1 Å². The Bertz CT molecular complexity index is 2400. The molecular formula is C46H58N6O7S2. The summed E-state index contributed by atoms with van der Waals surface area (Å²) in [6, 6.07) is 15.6. The second-order valence-electron chi connectivity index (χ2n) is 18.8. The molecule has 0 radical (unpaired) electrons. The van der Waals surface area contributed by atoms with Gasteiger partial charge in [0.25, 0.3) is 5.91 Å². The fourth-order valence-corrected chi connectivity index (χ4v) is 11.3. The van der Waals surface area contributed by atoms with Gasteiger partial charge in [0.2, 0.25) is 21.8 Å². The Morgan fingerprint density at radius 3 is 2.43 bits per heavy atom. The van der Waals surface area contributed by atoms with Crippen LogP contribution in [0.15, 0.2) is 60.0 Å². The van der Waals surface area contributed by atoms with Crippen LogP contribution in [0.5, 0.6) is 11.5 Å². The molecule has 326 valence electrons. The first kappa shape index (κ1) is 42.9. The van der Waals surface area contributed by atoms with Crippen LogP contribution in [0.1, 0.15) is 110 Å². The number of nitrogens with zero attached hydrogens (tertiary/aromatic N) is 3. The third-order valence-corrected chi connectivity index (χ3v) is 16.1. The van der Waals surface area contributed by atoms with E-state index >= 15 is 4.79 Å². The fraction of sp³-hybridized carbons (Fsp3) is 0.543. The van der Waals surface area contributed by atoms with Crippen molar-refractivity contribution in [2.24, 2.45) is 5.92 Å². The van der Waals surface area contributed by atoms with Crippen molar-refractivity contribution in [1.82, 2.24) is 24.9 Å². The standard InChI is InChI=1S/C46H58N6O7S2/c1-44(2,3)39-28-60-43(49-39)48-34-16-12-7-6-9-13-29-19-20-46(26-29,42(55)51-61(56,57)45(4)21-22-45)50-40(53)37-24-32(27-52(37)41(34)54)59-38-25-35(30-14-10-8-11-15-30)47-36-23-31(58-5)17-18-33(36)38/h8,10-11,14-15,17-18,23,25,28-29,32,34,37H,6-7,9,12-13,16,19-22,24,26-27H2,1-5H3,(H,48,49)(H,50,53)(H,51,55)/t29?,32-,34+,37+,46-/m1/s1. The summed E-state index contributed by atoms with van der Waals surface area (Å²) in [6.45, 7) is 8.04. The van der Waals surface area contributed by atoms with Gasteiger partial charge in [-0.15, -0.1) is 11.3 Å². The zero-order valence-electron chi connectivity index (χ0n) is 35.8. The predicted octanol–water partition coefficient (Wildman–Crippen LogP) is 7.50. The minimum Gasteiger partial charge on any atom is -0.497 e. The molecule has 15 heteroatoms. The second kappa shape index (κ2) is 16.8. The maximum Gasteiger partial charge on any atom is 0.259 e. The van der Waals surface area contributed by atoms with E-state index in [1.807, 2.05) is 60.0 Å². The lowest BCUT2D eigenvalue weighted by atomic mass is 9.92. The van der Waals surface area contributed by atoms with Crippen molar-refractivity contribution in [3.8, 4) is 22.8 Å². The minimum absolute atomic E-state index is 0.107. The van der Waals surface area contributed by atoms with Gasteiger partial charge in [-0.25, -0.2) is 18.4 Å². The average molecular weight is 871 g/mol. The zero-order chi connectivity index (χ0) is 43.2. The van der Waals surface area contributed by atoms with Crippen molar-refractivity contribution in [2.75, 3.05) is 19.0 Å². The average Bonchev–Trinajstić information content (AvgIpc) is 3.54. The normalized spacial score (nSPS) is 25.8. The molecule has 2 aliphatic carbocycles. The van der Waals surface area contributed by atoms with E-state index in [9.17, 15) is 18.0 Å². The number of amides is 3. The van der Waals surface area contributed by atoms with E-state index in [1.165, 1.54) is 11.3 Å². The Kier molecular flexibility index (Phi) is 11.8. The highest BCUT2D eigenvalue weighted by Crippen LogP contribution is 2.44. The molecular weight excluding hydrogens is 813 g/mol. The number of ether oxygens (including phenoxy) is 2. The molecule has 4 fully saturated rings. The van der Waals surface area contributed by atoms with Gasteiger partial charge in [0, 0.05) is 40.3 Å². The molecule has 1 unspecified atom stereocenters. The lowest BCUT2D eigenvalue weighted by molar-refractivity contribution is -0.141. The van der Waals surface area contributed by atoms with Gasteiger partial charge in [0.15, 0.2) is 5.13 Å². The molecule has 2 aromatic heterocycles. The number of pyridine rings is 1. The number of aromatic nitrogens is 2. The molecule has 4 heterocycles.